The van der Waals surface area contributed by atoms with E-state index < -0.39 is 29.6 Å². The van der Waals surface area contributed by atoms with Crippen LogP contribution in [0.25, 0.3) is 0 Å². The Labute approximate surface area is 262 Å². The average molecular weight is 660 g/mol. The molecule has 0 saturated carbocycles. The van der Waals surface area contributed by atoms with E-state index in [1.165, 1.54) is 0 Å². The van der Waals surface area contributed by atoms with E-state index in [-0.39, 0.29) is 35.7 Å². The Kier molecular flexibility index (Phi) is 10.4. The number of para-hydroxylation sites is 1. The average Bonchev–Trinajstić information content (AvgIpc) is 3.61. The molecule has 0 aliphatic carbocycles. The number of anilines is 1. The van der Waals surface area contributed by atoms with Gasteiger partial charge in [-0.2, -0.15) is 0 Å². The molecule has 4 aliphatic heterocycles. The maximum absolute atomic E-state index is 14.6. The van der Waals surface area contributed by atoms with Crippen molar-refractivity contribution in [1.82, 2.24) is 14.7 Å². The molecule has 1 N–H and O–H groups in total. The molecule has 3 unspecified atom stereocenters. The van der Waals surface area contributed by atoms with Gasteiger partial charge in [0, 0.05) is 62.9 Å². The van der Waals surface area contributed by atoms with Gasteiger partial charge in [-0.25, -0.2) is 0 Å². The second-order valence-corrected chi connectivity index (χ2v) is 12.9. The third-order valence-corrected chi connectivity index (χ3v) is 10.1. The number of hydrogen-bond acceptors (Lipinski definition) is 7. The van der Waals surface area contributed by atoms with Crippen molar-refractivity contribution < 1.29 is 29.0 Å². The van der Waals surface area contributed by atoms with E-state index >= 15 is 0 Å². The number of benzene rings is 1. The summed E-state index contributed by atoms with van der Waals surface area (Å²) in [6.07, 6.45) is 4.32. The number of fused-ring (bicyclic) bond motifs is 1. The minimum Gasteiger partial charge on any atom is -0.396 e. The fourth-order valence-corrected chi connectivity index (χ4v) is 8.21. The van der Waals surface area contributed by atoms with Gasteiger partial charge in [-0.05, 0) is 31.4 Å². The summed E-state index contributed by atoms with van der Waals surface area (Å²) in [6, 6.07) is 8.48. The Morgan fingerprint density at radius 1 is 1.07 bits per heavy atom. The number of unbranched alkanes of at least 4 members (excludes halogenated alkanes) is 1. The van der Waals surface area contributed by atoms with E-state index in [1.807, 2.05) is 30.3 Å². The Hall–Kier alpha value is -2.57. The van der Waals surface area contributed by atoms with Crippen molar-refractivity contribution in [1.29, 1.82) is 0 Å². The van der Waals surface area contributed by atoms with Crippen LogP contribution in [0.5, 0.6) is 0 Å². The third kappa shape index (κ3) is 6.07. The van der Waals surface area contributed by atoms with Crippen LogP contribution in [0.15, 0.2) is 55.6 Å². The number of nitrogens with zero attached hydrogens (tertiary/aromatic N) is 4. The van der Waals surface area contributed by atoms with Gasteiger partial charge in [0.15, 0.2) is 0 Å². The molecule has 0 aromatic heterocycles. The highest BCUT2D eigenvalue weighted by atomic mass is 79.9. The summed E-state index contributed by atoms with van der Waals surface area (Å²) in [5, 5.41) is 9.48. The minimum atomic E-state index is -1.14. The second kappa shape index (κ2) is 14.0. The van der Waals surface area contributed by atoms with Gasteiger partial charge in [0.1, 0.15) is 11.6 Å². The lowest BCUT2D eigenvalue weighted by Crippen LogP contribution is -2.58. The van der Waals surface area contributed by atoms with Gasteiger partial charge in [-0.1, -0.05) is 46.3 Å². The van der Waals surface area contributed by atoms with Gasteiger partial charge in [0.2, 0.25) is 17.7 Å². The van der Waals surface area contributed by atoms with Crippen LogP contribution in [-0.2, 0) is 23.9 Å². The molecule has 234 valence electrons. The zero-order chi connectivity index (χ0) is 30.6. The predicted molar refractivity (Wildman–Crippen MR) is 167 cm³/mol. The standard InChI is InChI=1S/C32H43BrN4O6/c1-3-12-35(16-15-34-17-20-42-21-18-34)31(41)28-32-22-24(33)27(43-32)25(26(32)30(40)37(28)14-8-9-19-38)29(39)36(13-4-2)23-10-6-5-7-11-23/h3-7,10-11,24-28,38H,1-2,8-9,12-22H2/t24?,25-,26-,27-,28?,32?/m0/s1. The first-order valence-electron chi connectivity index (χ1n) is 15.3. The normalized spacial score (nSPS) is 29.9. The summed E-state index contributed by atoms with van der Waals surface area (Å²) in [7, 11) is 0. The van der Waals surface area contributed by atoms with Crippen LogP contribution in [0.3, 0.4) is 0 Å². The number of aliphatic hydroxyl groups is 1. The molecule has 5 rings (SSSR count). The van der Waals surface area contributed by atoms with E-state index in [9.17, 15) is 19.5 Å². The molecule has 1 spiro atoms. The molecule has 43 heavy (non-hydrogen) atoms. The monoisotopic (exact) mass is 658 g/mol. The summed E-state index contributed by atoms with van der Waals surface area (Å²) in [5.74, 6) is -2.17. The summed E-state index contributed by atoms with van der Waals surface area (Å²) < 4.78 is 12.2. The molecule has 1 aromatic rings. The van der Waals surface area contributed by atoms with E-state index in [0.717, 1.165) is 13.1 Å². The molecule has 0 radical (unpaired) electrons. The van der Waals surface area contributed by atoms with Crippen LogP contribution in [0.2, 0.25) is 0 Å². The molecular weight excluding hydrogens is 616 g/mol. The zero-order valence-electron chi connectivity index (χ0n) is 24.7. The van der Waals surface area contributed by atoms with Crippen LogP contribution in [0.1, 0.15) is 19.3 Å². The van der Waals surface area contributed by atoms with Crippen molar-refractivity contribution in [3.8, 4) is 0 Å². The first-order valence-corrected chi connectivity index (χ1v) is 16.2. The quantitative estimate of drug-likeness (QED) is 0.186. The second-order valence-electron chi connectivity index (χ2n) is 11.7. The molecule has 6 atom stereocenters. The van der Waals surface area contributed by atoms with E-state index in [0.29, 0.717) is 64.3 Å². The van der Waals surface area contributed by atoms with Gasteiger partial charge in [0.25, 0.3) is 0 Å². The van der Waals surface area contributed by atoms with Gasteiger partial charge in [0.05, 0.1) is 31.2 Å². The van der Waals surface area contributed by atoms with Crippen molar-refractivity contribution in [2.75, 3.05) is 70.5 Å². The molecule has 4 saturated heterocycles. The molecule has 4 fully saturated rings. The van der Waals surface area contributed by atoms with Gasteiger partial charge in [-0.15, -0.1) is 13.2 Å². The van der Waals surface area contributed by atoms with Gasteiger partial charge in [-0.3, -0.25) is 19.3 Å². The van der Waals surface area contributed by atoms with Crippen molar-refractivity contribution in [2.24, 2.45) is 11.8 Å². The summed E-state index contributed by atoms with van der Waals surface area (Å²) >= 11 is 3.77. The topological polar surface area (TPSA) is 103 Å². The Morgan fingerprint density at radius 2 is 1.79 bits per heavy atom. The van der Waals surface area contributed by atoms with Crippen LogP contribution in [-0.4, -0.2) is 126 Å². The van der Waals surface area contributed by atoms with Crippen LogP contribution < -0.4 is 4.90 Å². The van der Waals surface area contributed by atoms with Crippen LogP contribution in [0.4, 0.5) is 5.69 Å². The van der Waals surface area contributed by atoms with Crippen molar-refractivity contribution >= 4 is 39.3 Å². The lowest BCUT2D eigenvalue weighted by molar-refractivity contribution is -0.148. The summed E-state index contributed by atoms with van der Waals surface area (Å²) in [5.41, 5.74) is -0.421. The highest BCUT2D eigenvalue weighted by Crippen LogP contribution is 2.60. The predicted octanol–water partition coefficient (Wildman–Crippen LogP) is 2.07. The number of carbonyl (C=O) groups is 3. The number of alkyl halides is 1. The number of ether oxygens (including phenoxy) is 2. The number of amides is 3. The van der Waals surface area contributed by atoms with Crippen molar-refractivity contribution in [3.63, 3.8) is 0 Å². The lowest BCUT2D eigenvalue weighted by atomic mass is 9.70. The van der Waals surface area contributed by atoms with E-state index in [1.54, 1.807) is 26.9 Å². The lowest BCUT2D eigenvalue weighted by Gasteiger charge is -2.38. The molecule has 11 heteroatoms. The highest BCUT2D eigenvalue weighted by Gasteiger charge is 2.76. The highest BCUT2D eigenvalue weighted by molar-refractivity contribution is 9.09. The Balaban J connectivity index is 1.48. The molecule has 4 aliphatic rings. The Bertz CT molecular complexity index is 1180. The molecule has 4 heterocycles. The maximum Gasteiger partial charge on any atom is 0.248 e. The van der Waals surface area contributed by atoms with Crippen LogP contribution >= 0.6 is 15.9 Å². The van der Waals surface area contributed by atoms with E-state index in [4.69, 9.17) is 9.47 Å². The molecule has 3 amide bonds. The largest absolute Gasteiger partial charge is 0.396 e. The molecule has 10 nitrogen and oxygen atoms in total. The van der Waals surface area contributed by atoms with Crippen molar-refractivity contribution in [2.45, 2.75) is 41.8 Å². The number of likely N-dealkylation sites (tertiary alicyclic amines) is 1. The molecule has 2 bridgehead atoms. The van der Waals surface area contributed by atoms with E-state index in [2.05, 4.69) is 34.0 Å². The van der Waals surface area contributed by atoms with Gasteiger partial charge < -0.3 is 29.3 Å². The summed E-state index contributed by atoms with van der Waals surface area (Å²) in [6.45, 7) is 12.8. The number of carbonyl (C=O) groups excluding carboxylic acids is 3. The molecular formula is C32H43BrN4O6. The molecule has 1 aromatic carbocycles. The number of rotatable bonds is 14. The van der Waals surface area contributed by atoms with Crippen LogP contribution in [0, 0.1) is 11.8 Å². The number of hydrogen-bond donors (Lipinski definition) is 1. The minimum absolute atomic E-state index is 0.00585. The SMILES string of the molecule is C=CCN(CCN1CCOCC1)C(=O)C1N(CCCCO)C(=O)[C@@H]2[C@H](C(=O)N(CC=C)c3ccccc3)[C@H]3OC12CC3Br. The summed E-state index contributed by atoms with van der Waals surface area (Å²) in [4.78, 5) is 50.4. The first-order chi connectivity index (χ1) is 20.9. The van der Waals surface area contributed by atoms with Crippen molar-refractivity contribution in [3.05, 3.63) is 55.6 Å². The fourth-order valence-electron chi connectivity index (χ4n) is 7.27. The zero-order valence-corrected chi connectivity index (χ0v) is 26.3. The third-order valence-electron chi connectivity index (χ3n) is 9.21. The first kappa shape index (κ1) is 31.8. The Morgan fingerprint density at radius 3 is 2.47 bits per heavy atom. The number of aliphatic hydroxyl groups excluding tert-OH is 1. The number of morpholine rings is 1. The number of halogens is 1. The fraction of sp³-hybridized carbons (Fsp3) is 0.594. The maximum atomic E-state index is 14.6. The van der Waals surface area contributed by atoms with Gasteiger partial charge >= 0.3 is 0 Å². The smallest absolute Gasteiger partial charge is 0.248 e.